The summed E-state index contributed by atoms with van der Waals surface area (Å²) in [5.41, 5.74) is 2.70. The Morgan fingerprint density at radius 2 is 2.00 bits per heavy atom. The molecule has 206 valence electrons. The summed E-state index contributed by atoms with van der Waals surface area (Å²) in [7, 11) is 1.55. The fraction of sp³-hybridized carbons (Fsp3) is 0.286. The highest BCUT2D eigenvalue weighted by atomic mass is 19.4. The Labute approximate surface area is 228 Å². The molecule has 4 heterocycles. The first-order valence-corrected chi connectivity index (χ1v) is 12.7. The average molecular weight is 550 g/mol. The number of aromatic nitrogens is 4. The molecule has 4 aromatic rings. The zero-order valence-corrected chi connectivity index (χ0v) is 21.7. The summed E-state index contributed by atoms with van der Waals surface area (Å²) in [5, 5.41) is 14.5. The predicted molar refractivity (Wildman–Crippen MR) is 143 cm³/mol. The molecule has 9 nitrogen and oxygen atoms in total. The van der Waals surface area contributed by atoms with E-state index in [0.29, 0.717) is 34.9 Å². The maximum atomic E-state index is 13.8. The number of methoxy groups -OCH3 is 1. The summed E-state index contributed by atoms with van der Waals surface area (Å²) < 4.78 is 48.1. The van der Waals surface area contributed by atoms with Gasteiger partial charge >= 0.3 is 6.18 Å². The van der Waals surface area contributed by atoms with Crippen LogP contribution in [-0.2, 0) is 6.18 Å². The van der Waals surface area contributed by atoms with E-state index in [2.05, 4.69) is 25.9 Å². The van der Waals surface area contributed by atoms with Crippen LogP contribution in [-0.4, -0.2) is 58.2 Å². The van der Waals surface area contributed by atoms with E-state index in [4.69, 9.17) is 4.74 Å². The van der Waals surface area contributed by atoms with E-state index >= 15 is 0 Å². The van der Waals surface area contributed by atoms with Crippen molar-refractivity contribution in [3.8, 4) is 22.7 Å². The van der Waals surface area contributed by atoms with Crippen molar-refractivity contribution in [1.29, 1.82) is 0 Å². The maximum absolute atomic E-state index is 13.8. The van der Waals surface area contributed by atoms with Crippen LogP contribution >= 0.6 is 0 Å². The van der Waals surface area contributed by atoms with Gasteiger partial charge in [-0.15, -0.1) is 5.10 Å². The number of nitrogens with one attached hydrogen (secondary N) is 2. The molecule has 12 heteroatoms. The van der Waals surface area contributed by atoms with Crippen LogP contribution in [0.3, 0.4) is 0 Å². The van der Waals surface area contributed by atoms with Crippen molar-refractivity contribution in [2.24, 2.45) is 0 Å². The van der Waals surface area contributed by atoms with Crippen LogP contribution in [0.25, 0.3) is 16.9 Å². The Morgan fingerprint density at radius 3 is 2.73 bits per heavy atom. The molecular formula is C28H26F3N7O2. The number of carbonyl (C=O) groups excluding carboxylic acids is 1. The highest BCUT2D eigenvalue weighted by Crippen LogP contribution is 2.37. The smallest absolute Gasteiger partial charge is 0.416 e. The van der Waals surface area contributed by atoms with Crippen molar-refractivity contribution < 1.29 is 22.7 Å². The molecule has 2 aliphatic heterocycles. The zero-order chi connectivity index (χ0) is 28.0. The summed E-state index contributed by atoms with van der Waals surface area (Å²) in [6.07, 6.45) is 1.27. The molecule has 0 aliphatic carbocycles. The second kappa shape index (κ2) is 9.94. The Morgan fingerprint density at radius 1 is 1.15 bits per heavy atom. The second-order valence-electron chi connectivity index (χ2n) is 10.0. The first-order valence-electron chi connectivity index (χ1n) is 12.7. The molecule has 2 aliphatic rings. The molecule has 2 saturated heterocycles. The molecule has 2 atom stereocenters. The molecule has 2 aromatic carbocycles. The number of alkyl halides is 3. The molecule has 6 rings (SSSR count). The molecule has 2 N–H and O–H groups in total. The number of fused-ring (bicyclic) bond motifs is 2. The topological polar surface area (TPSA) is 97.2 Å². The fourth-order valence-corrected chi connectivity index (χ4v) is 5.27. The van der Waals surface area contributed by atoms with E-state index in [-0.39, 0.29) is 23.3 Å². The molecule has 1 amide bonds. The lowest BCUT2D eigenvalue weighted by molar-refractivity contribution is -0.137. The lowest BCUT2D eigenvalue weighted by Gasteiger charge is -2.30. The van der Waals surface area contributed by atoms with E-state index in [9.17, 15) is 18.0 Å². The van der Waals surface area contributed by atoms with Crippen LogP contribution < -0.4 is 20.3 Å². The minimum atomic E-state index is -4.55. The standard InChI is InChI=1S/C28H26F3N7O2/c1-16-3-4-17(6-26(16)38-15-25(35-36-38)18-5-24(40-2)13-32-11-18)27(39)34-20-7-19(28(29,30)31)8-22(9-20)37-14-21-10-23(37)12-33-21/h3-9,11,13,15,21,23,33H,10,12,14H2,1-2H3,(H,34,39). The number of amides is 1. The largest absolute Gasteiger partial charge is 0.495 e. The molecule has 2 fully saturated rings. The number of nitrogens with zero attached hydrogens (tertiary/aromatic N) is 5. The van der Waals surface area contributed by atoms with Gasteiger partial charge in [-0.3, -0.25) is 9.78 Å². The van der Waals surface area contributed by atoms with E-state index < -0.39 is 17.6 Å². The third-order valence-corrected chi connectivity index (χ3v) is 7.35. The van der Waals surface area contributed by atoms with Gasteiger partial charge in [0.05, 0.1) is 30.8 Å². The molecular weight excluding hydrogens is 523 g/mol. The van der Waals surface area contributed by atoms with Gasteiger partial charge in [-0.05, 0) is 55.3 Å². The van der Waals surface area contributed by atoms with Gasteiger partial charge in [0, 0.05) is 53.9 Å². The second-order valence-corrected chi connectivity index (χ2v) is 10.0. The monoisotopic (exact) mass is 549 g/mol. The number of benzene rings is 2. The number of hydrogen-bond donors (Lipinski definition) is 2. The third-order valence-electron chi connectivity index (χ3n) is 7.35. The maximum Gasteiger partial charge on any atom is 0.416 e. The Bertz CT molecular complexity index is 1590. The molecule has 2 bridgehead atoms. The Kier molecular flexibility index (Phi) is 6.41. The number of hydrogen-bond acceptors (Lipinski definition) is 7. The van der Waals surface area contributed by atoms with Gasteiger partial charge < -0.3 is 20.3 Å². The lowest BCUT2D eigenvalue weighted by atomic mass is 10.1. The number of pyridine rings is 1. The average Bonchev–Trinajstić information content (AvgIpc) is 3.71. The lowest BCUT2D eigenvalue weighted by Crippen LogP contribution is -2.43. The van der Waals surface area contributed by atoms with Crippen LogP contribution in [0.4, 0.5) is 24.5 Å². The highest BCUT2D eigenvalue weighted by Gasteiger charge is 2.39. The van der Waals surface area contributed by atoms with Gasteiger partial charge in [-0.1, -0.05) is 11.3 Å². The SMILES string of the molecule is COc1cncc(-c2cn(-c3cc(C(=O)Nc4cc(N5CC6CC5CN6)cc(C(F)(F)F)c4)ccc3C)nn2)c1. The predicted octanol–water partition coefficient (Wildman–Crippen LogP) is 4.47. The number of rotatable bonds is 6. The van der Waals surface area contributed by atoms with Crippen LogP contribution in [0.5, 0.6) is 5.75 Å². The van der Waals surface area contributed by atoms with Gasteiger partial charge in [0.25, 0.3) is 5.91 Å². The molecule has 0 radical (unpaired) electrons. The number of halogens is 3. The van der Waals surface area contributed by atoms with Crippen LogP contribution in [0, 0.1) is 6.92 Å². The van der Waals surface area contributed by atoms with Crippen molar-refractivity contribution >= 4 is 17.3 Å². The fourth-order valence-electron chi connectivity index (χ4n) is 5.27. The third kappa shape index (κ3) is 4.97. The van der Waals surface area contributed by atoms with Crippen LogP contribution in [0.15, 0.2) is 61.1 Å². The molecule has 40 heavy (non-hydrogen) atoms. The van der Waals surface area contributed by atoms with Crippen molar-refractivity contribution in [3.63, 3.8) is 0 Å². The van der Waals surface area contributed by atoms with Crippen molar-refractivity contribution in [3.05, 3.63) is 77.7 Å². The van der Waals surface area contributed by atoms with Crippen LogP contribution in [0.2, 0.25) is 0 Å². The summed E-state index contributed by atoms with van der Waals surface area (Å²) in [6.45, 7) is 3.22. The zero-order valence-electron chi connectivity index (χ0n) is 21.7. The number of piperazine rings is 1. The molecule has 0 spiro atoms. The summed E-state index contributed by atoms with van der Waals surface area (Å²) in [5.74, 6) is 0.0435. The quantitative estimate of drug-likeness (QED) is 0.366. The number of anilines is 2. The van der Waals surface area contributed by atoms with Gasteiger partial charge in [0.1, 0.15) is 11.4 Å². The van der Waals surface area contributed by atoms with Crippen molar-refractivity contribution in [2.75, 3.05) is 30.4 Å². The van der Waals surface area contributed by atoms with Crippen molar-refractivity contribution in [1.82, 2.24) is 25.3 Å². The molecule has 2 aromatic heterocycles. The highest BCUT2D eigenvalue weighted by molar-refractivity contribution is 6.05. The van der Waals surface area contributed by atoms with Gasteiger partial charge in [-0.2, -0.15) is 13.2 Å². The number of ether oxygens (including phenoxy) is 1. The molecule has 0 saturated carbocycles. The van der Waals surface area contributed by atoms with Crippen molar-refractivity contribution in [2.45, 2.75) is 31.6 Å². The summed E-state index contributed by atoms with van der Waals surface area (Å²) in [4.78, 5) is 19.4. The van der Waals surface area contributed by atoms with Crippen LogP contribution in [0.1, 0.15) is 27.9 Å². The number of carbonyl (C=O) groups is 1. The Balaban J connectivity index is 1.27. The normalized spacial score (nSPS) is 18.3. The number of aryl methyl sites for hydroxylation is 1. The van der Waals surface area contributed by atoms with E-state index in [1.807, 2.05) is 11.8 Å². The summed E-state index contributed by atoms with van der Waals surface area (Å²) >= 11 is 0. The minimum Gasteiger partial charge on any atom is -0.495 e. The first-order chi connectivity index (χ1) is 19.2. The first kappa shape index (κ1) is 25.8. The van der Waals surface area contributed by atoms with E-state index in [0.717, 1.165) is 30.7 Å². The van der Waals surface area contributed by atoms with E-state index in [1.165, 1.54) is 0 Å². The van der Waals surface area contributed by atoms with Gasteiger partial charge in [0.2, 0.25) is 0 Å². The Hall–Kier alpha value is -4.45. The molecule has 2 unspecified atom stereocenters. The van der Waals surface area contributed by atoms with Gasteiger partial charge in [-0.25, -0.2) is 4.68 Å². The minimum absolute atomic E-state index is 0.0845. The van der Waals surface area contributed by atoms with Gasteiger partial charge in [0.15, 0.2) is 0 Å². The summed E-state index contributed by atoms with van der Waals surface area (Å²) in [6, 6.07) is 10.9. The van der Waals surface area contributed by atoms with E-state index in [1.54, 1.807) is 60.7 Å².